The Morgan fingerprint density at radius 3 is 1.63 bits per heavy atom. The van der Waals surface area contributed by atoms with Gasteiger partial charge in [-0.25, -0.2) is 0 Å². The van der Waals surface area contributed by atoms with E-state index in [1.165, 1.54) is 40.3 Å². The molecular formula is C16H8S3. The van der Waals surface area contributed by atoms with Gasteiger partial charge >= 0.3 is 0 Å². The third kappa shape index (κ3) is 1.38. The van der Waals surface area contributed by atoms with E-state index in [1.54, 1.807) is 0 Å². The molecule has 19 heavy (non-hydrogen) atoms. The zero-order valence-corrected chi connectivity index (χ0v) is 12.3. The molecule has 0 radical (unpaired) electrons. The second kappa shape index (κ2) is 3.57. The molecule has 5 rings (SSSR count). The van der Waals surface area contributed by atoms with E-state index in [0.717, 1.165) is 0 Å². The van der Waals surface area contributed by atoms with Crippen LogP contribution < -0.4 is 0 Å². The summed E-state index contributed by atoms with van der Waals surface area (Å²) in [5, 5.41) is 9.88. The molecule has 0 aliphatic carbocycles. The van der Waals surface area contributed by atoms with E-state index in [9.17, 15) is 0 Å². The Kier molecular flexibility index (Phi) is 1.95. The molecule has 5 aromatic rings. The minimum absolute atomic E-state index is 1.36. The van der Waals surface area contributed by atoms with Gasteiger partial charge in [0.05, 0.1) is 0 Å². The van der Waals surface area contributed by atoms with Gasteiger partial charge in [0, 0.05) is 29.6 Å². The molecular weight excluding hydrogens is 288 g/mol. The Morgan fingerprint density at radius 1 is 0.579 bits per heavy atom. The van der Waals surface area contributed by atoms with Gasteiger partial charge in [0.15, 0.2) is 0 Å². The summed E-state index contributed by atoms with van der Waals surface area (Å²) in [6.07, 6.45) is 0. The van der Waals surface area contributed by atoms with Crippen molar-refractivity contribution in [1.82, 2.24) is 0 Å². The van der Waals surface area contributed by atoms with Crippen LogP contribution >= 0.6 is 34.0 Å². The van der Waals surface area contributed by atoms with Gasteiger partial charge in [-0.3, -0.25) is 0 Å². The van der Waals surface area contributed by atoms with Gasteiger partial charge in [-0.2, -0.15) is 0 Å². The summed E-state index contributed by atoms with van der Waals surface area (Å²) in [7, 11) is 0. The van der Waals surface area contributed by atoms with Crippen molar-refractivity contribution in [2.24, 2.45) is 0 Å². The molecule has 0 spiro atoms. The van der Waals surface area contributed by atoms with Crippen LogP contribution in [-0.4, -0.2) is 0 Å². The highest BCUT2D eigenvalue weighted by Crippen LogP contribution is 2.40. The lowest BCUT2D eigenvalue weighted by atomic mass is 10.1. The predicted octanol–water partition coefficient (Wildman–Crippen LogP) is 6.48. The Morgan fingerprint density at radius 2 is 1.11 bits per heavy atom. The Hall–Kier alpha value is -1.42. The second-order valence-electron chi connectivity index (χ2n) is 4.72. The van der Waals surface area contributed by atoms with Gasteiger partial charge in [-0.15, -0.1) is 34.0 Å². The van der Waals surface area contributed by atoms with Crippen molar-refractivity contribution < 1.29 is 0 Å². The van der Waals surface area contributed by atoms with Crippen molar-refractivity contribution in [2.45, 2.75) is 0 Å². The third-order valence-corrected chi connectivity index (χ3v) is 6.49. The van der Waals surface area contributed by atoms with E-state index in [2.05, 4.69) is 47.2 Å². The molecule has 0 atom stereocenters. The fraction of sp³-hybridized carbons (Fsp3) is 0. The monoisotopic (exact) mass is 296 g/mol. The van der Waals surface area contributed by atoms with Crippen LogP contribution in [0.15, 0.2) is 47.2 Å². The SMILES string of the molecule is c1cc2cc3c(cc2s1)sc1cc2sccc2cc13. The molecule has 0 saturated carbocycles. The van der Waals surface area contributed by atoms with Crippen molar-refractivity contribution in [2.75, 3.05) is 0 Å². The van der Waals surface area contributed by atoms with Gasteiger partial charge in [-0.05, 0) is 57.9 Å². The van der Waals surface area contributed by atoms with Gasteiger partial charge in [0.1, 0.15) is 0 Å². The Labute approximate surface area is 121 Å². The standard InChI is InChI=1S/C16H8S3/c1-3-17-13-7-15-11(5-9(1)13)12-6-10-2-4-18-14(10)8-16(12)19-15/h1-8H. The van der Waals surface area contributed by atoms with E-state index >= 15 is 0 Å². The molecule has 0 aliphatic heterocycles. The summed E-state index contributed by atoms with van der Waals surface area (Å²) in [5.41, 5.74) is 0. The van der Waals surface area contributed by atoms with Crippen molar-refractivity contribution in [3.8, 4) is 0 Å². The normalized spacial score (nSPS) is 12.2. The Bertz CT molecular complexity index is 974. The minimum Gasteiger partial charge on any atom is -0.144 e. The summed E-state index contributed by atoms with van der Waals surface area (Å²) in [6.45, 7) is 0. The molecule has 0 fully saturated rings. The maximum absolute atomic E-state index is 2.35. The summed E-state index contributed by atoms with van der Waals surface area (Å²) in [5.74, 6) is 0. The molecule has 0 amide bonds. The van der Waals surface area contributed by atoms with Crippen LogP contribution in [0.2, 0.25) is 0 Å². The predicted molar refractivity (Wildman–Crippen MR) is 90.1 cm³/mol. The van der Waals surface area contributed by atoms with E-state index < -0.39 is 0 Å². The van der Waals surface area contributed by atoms with Crippen molar-refractivity contribution in [3.63, 3.8) is 0 Å². The molecule has 2 aromatic carbocycles. The maximum atomic E-state index is 2.35. The van der Waals surface area contributed by atoms with Gasteiger partial charge in [0.25, 0.3) is 0 Å². The number of hydrogen-bond donors (Lipinski definition) is 0. The van der Waals surface area contributed by atoms with Crippen molar-refractivity contribution in [3.05, 3.63) is 47.2 Å². The fourth-order valence-electron chi connectivity index (χ4n) is 2.69. The quantitative estimate of drug-likeness (QED) is 0.306. The summed E-state index contributed by atoms with van der Waals surface area (Å²) < 4.78 is 5.59. The number of thiophene rings is 3. The summed E-state index contributed by atoms with van der Waals surface area (Å²) in [6, 6.07) is 13.8. The zero-order chi connectivity index (χ0) is 12.4. The van der Waals surface area contributed by atoms with Crippen LogP contribution in [0.3, 0.4) is 0 Å². The molecule has 0 N–H and O–H groups in total. The first-order valence-electron chi connectivity index (χ1n) is 6.09. The van der Waals surface area contributed by atoms with Crippen LogP contribution in [0.25, 0.3) is 40.3 Å². The lowest BCUT2D eigenvalue weighted by Crippen LogP contribution is -1.67. The fourth-order valence-corrected chi connectivity index (χ4v) is 5.61. The van der Waals surface area contributed by atoms with Crippen LogP contribution in [0.4, 0.5) is 0 Å². The van der Waals surface area contributed by atoms with E-state index in [-0.39, 0.29) is 0 Å². The zero-order valence-electron chi connectivity index (χ0n) is 9.84. The number of rotatable bonds is 0. The average Bonchev–Trinajstić information content (AvgIpc) is 3.10. The third-order valence-electron chi connectivity index (χ3n) is 3.62. The molecule has 90 valence electrons. The molecule has 0 bridgehead atoms. The minimum atomic E-state index is 1.36. The first-order chi connectivity index (χ1) is 9.38. The molecule has 0 nitrogen and oxygen atoms in total. The summed E-state index contributed by atoms with van der Waals surface area (Å²) in [4.78, 5) is 0. The van der Waals surface area contributed by atoms with Gasteiger partial charge in [-0.1, -0.05) is 0 Å². The van der Waals surface area contributed by atoms with Crippen LogP contribution in [0.5, 0.6) is 0 Å². The number of benzene rings is 2. The number of fused-ring (bicyclic) bond motifs is 5. The van der Waals surface area contributed by atoms with E-state index in [4.69, 9.17) is 0 Å². The first kappa shape index (κ1) is 10.4. The van der Waals surface area contributed by atoms with Crippen LogP contribution in [0, 0.1) is 0 Å². The lowest BCUT2D eigenvalue weighted by molar-refractivity contribution is 2.02. The van der Waals surface area contributed by atoms with E-state index in [0.29, 0.717) is 0 Å². The average molecular weight is 296 g/mol. The molecule has 3 aromatic heterocycles. The highest BCUT2D eigenvalue weighted by molar-refractivity contribution is 7.26. The first-order valence-corrected chi connectivity index (χ1v) is 8.67. The highest BCUT2D eigenvalue weighted by Gasteiger charge is 2.08. The smallest absolute Gasteiger partial charge is 0.0369 e. The summed E-state index contributed by atoms with van der Waals surface area (Å²) >= 11 is 5.56. The molecule has 0 unspecified atom stereocenters. The molecule has 3 heteroatoms. The van der Waals surface area contributed by atoms with Gasteiger partial charge in [0.2, 0.25) is 0 Å². The topological polar surface area (TPSA) is 0 Å². The maximum Gasteiger partial charge on any atom is 0.0369 e. The second-order valence-corrected chi connectivity index (χ2v) is 7.69. The highest BCUT2D eigenvalue weighted by atomic mass is 32.1. The van der Waals surface area contributed by atoms with Crippen molar-refractivity contribution >= 4 is 74.4 Å². The van der Waals surface area contributed by atoms with Crippen molar-refractivity contribution in [1.29, 1.82) is 0 Å². The van der Waals surface area contributed by atoms with Crippen LogP contribution in [0.1, 0.15) is 0 Å². The molecule has 0 saturated heterocycles. The van der Waals surface area contributed by atoms with Gasteiger partial charge < -0.3 is 0 Å². The molecule has 3 heterocycles. The van der Waals surface area contributed by atoms with E-state index in [1.807, 2.05) is 34.0 Å². The Balaban J connectivity index is 2.06. The largest absolute Gasteiger partial charge is 0.144 e. The molecule has 0 aliphatic rings. The van der Waals surface area contributed by atoms with Crippen LogP contribution in [-0.2, 0) is 0 Å². The lowest BCUT2D eigenvalue weighted by Gasteiger charge is -1.94. The number of hydrogen-bond acceptors (Lipinski definition) is 3.